The first-order chi connectivity index (χ1) is 13.1. The van der Waals surface area contributed by atoms with Crippen molar-refractivity contribution in [3.05, 3.63) is 76.8 Å². The fraction of sp³-hybridized carbons (Fsp3) is 0.105. The smallest absolute Gasteiger partial charge is 0.260 e. The number of nitrogens with zero attached hydrogens (tertiary/aromatic N) is 4. The maximum atomic E-state index is 14.1. The van der Waals surface area contributed by atoms with E-state index < -0.39 is 5.82 Å². The van der Waals surface area contributed by atoms with Crippen molar-refractivity contribution in [1.82, 2.24) is 14.8 Å². The molecule has 5 nitrogen and oxygen atoms in total. The van der Waals surface area contributed by atoms with E-state index >= 15 is 0 Å². The van der Waals surface area contributed by atoms with Crippen LogP contribution in [0.5, 0.6) is 0 Å². The summed E-state index contributed by atoms with van der Waals surface area (Å²) in [4.78, 5) is 19.1. The van der Waals surface area contributed by atoms with Crippen LogP contribution in [0.4, 0.5) is 9.52 Å². The van der Waals surface area contributed by atoms with Crippen LogP contribution >= 0.6 is 27.3 Å². The minimum atomic E-state index is -0.391. The number of para-hydroxylation sites is 1. The highest BCUT2D eigenvalue weighted by Crippen LogP contribution is 2.31. The molecule has 0 bridgehead atoms. The predicted molar refractivity (Wildman–Crippen MR) is 108 cm³/mol. The summed E-state index contributed by atoms with van der Waals surface area (Å²) in [7, 11) is 0. The summed E-state index contributed by atoms with van der Waals surface area (Å²) in [5, 5.41) is 4.65. The highest BCUT2D eigenvalue weighted by atomic mass is 79.9. The first kappa shape index (κ1) is 17.8. The molecular weight excluding hydrogens is 431 g/mol. The Morgan fingerprint density at radius 1 is 1.19 bits per heavy atom. The van der Waals surface area contributed by atoms with Crippen LogP contribution in [0.25, 0.3) is 10.2 Å². The van der Waals surface area contributed by atoms with Gasteiger partial charge in [-0.25, -0.2) is 9.37 Å². The Hall–Kier alpha value is -2.58. The number of rotatable bonds is 5. The van der Waals surface area contributed by atoms with E-state index in [-0.39, 0.29) is 11.4 Å². The van der Waals surface area contributed by atoms with Gasteiger partial charge in [0.25, 0.3) is 5.91 Å². The number of aromatic nitrogens is 3. The van der Waals surface area contributed by atoms with E-state index in [1.807, 2.05) is 24.4 Å². The topological polar surface area (TPSA) is 51.0 Å². The summed E-state index contributed by atoms with van der Waals surface area (Å²) in [6.07, 6.45) is 3.52. The molecule has 8 heteroatoms. The van der Waals surface area contributed by atoms with Crippen LogP contribution in [0, 0.1) is 5.82 Å². The van der Waals surface area contributed by atoms with E-state index in [0.29, 0.717) is 28.5 Å². The number of halogens is 2. The van der Waals surface area contributed by atoms with Crippen LogP contribution in [0.1, 0.15) is 10.4 Å². The zero-order valence-electron chi connectivity index (χ0n) is 14.0. The van der Waals surface area contributed by atoms with Crippen LogP contribution in [0.15, 0.2) is 65.4 Å². The summed E-state index contributed by atoms with van der Waals surface area (Å²) < 4.78 is 17.4. The van der Waals surface area contributed by atoms with E-state index in [1.54, 1.807) is 40.0 Å². The number of hydrogen-bond acceptors (Lipinski definition) is 4. The number of anilines is 1. The Kier molecular flexibility index (Phi) is 5.00. The lowest BCUT2D eigenvalue weighted by Gasteiger charge is -2.20. The number of amides is 1. The van der Waals surface area contributed by atoms with E-state index in [9.17, 15) is 9.18 Å². The van der Waals surface area contributed by atoms with E-state index in [1.165, 1.54) is 17.4 Å². The minimum Gasteiger partial charge on any atom is -0.282 e. The van der Waals surface area contributed by atoms with Crippen LogP contribution in [0.3, 0.4) is 0 Å². The fourth-order valence-corrected chi connectivity index (χ4v) is 3.95. The van der Waals surface area contributed by atoms with Gasteiger partial charge in [0.05, 0.1) is 11.2 Å². The number of hydrogen-bond donors (Lipinski definition) is 0. The zero-order chi connectivity index (χ0) is 18.8. The molecule has 136 valence electrons. The van der Waals surface area contributed by atoms with Crippen molar-refractivity contribution in [3.8, 4) is 0 Å². The lowest BCUT2D eigenvalue weighted by molar-refractivity contribution is 0.0986. The van der Waals surface area contributed by atoms with Gasteiger partial charge in [-0.05, 0) is 42.5 Å². The summed E-state index contributed by atoms with van der Waals surface area (Å²) in [6.45, 7) is 0.881. The molecule has 1 amide bonds. The molecule has 0 aliphatic rings. The summed E-state index contributed by atoms with van der Waals surface area (Å²) >= 11 is 4.67. The third-order valence-electron chi connectivity index (χ3n) is 4.04. The maximum absolute atomic E-state index is 14.1. The summed E-state index contributed by atoms with van der Waals surface area (Å²) in [5.41, 5.74) is 0.823. The van der Waals surface area contributed by atoms with Crippen molar-refractivity contribution in [2.24, 2.45) is 0 Å². The molecule has 2 heterocycles. The lowest BCUT2D eigenvalue weighted by Crippen LogP contribution is -2.34. The molecule has 0 unspecified atom stereocenters. The highest BCUT2D eigenvalue weighted by Gasteiger charge is 2.22. The second kappa shape index (κ2) is 7.58. The molecule has 2 aromatic heterocycles. The molecule has 0 N–H and O–H groups in total. The fourth-order valence-electron chi connectivity index (χ4n) is 2.69. The monoisotopic (exact) mass is 444 g/mol. The average molecular weight is 445 g/mol. The van der Waals surface area contributed by atoms with Gasteiger partial charge in [0.2, 0.25) is 0 Å². The van der Waals surface area contributed by atoms with Crippen LogP contribution in [-0.2, 0) is 6.54 Å². The number of thiazole rings is 1. The molecule has 0 saturated heterocycles. The van der Waals surface area contributed by atoms with Crippen LogP contribution < -0.4 is 4.90 Å². The van der Waals surface area contributed by atoms with Gasteiger partial charge in [-0.2, -0.15) is 5.10 Å². The van der Waals surface area contributed by atoms with Crippen molar-refractivity contribution in [1.29, 1.82) is 0 Å². The lowest BCUT2D eigenvalue weighted by atomic mass is 10.2. The van der Waals surface area contributed by atoms with Gasteiger partial charge >= 0.3 is 0 Å². The average Bonchev–Trinajstić information content (AvgIpc) is 3.33. The molecule has 0 spiro atoms. The van der Waals surface area contributed by atoms with E-state index in [2.05, 4.69) is 26.0 Å². The molecule has 0 fully saturated rings. The molecule has 0 aliphatic carbocycles. The van der Waals surface area contributed by atoms with Crippen molar-refractivity contribution in [3.63, 3.8) is 0 Å². The third kappa shape index (κ3) is 3.77. The minimum absolute atomic E-state index is 0.186. The standard InChI is InChI=1S/C19H14BrFN4OS/c20-14-7-5-13(6-8-14)18(26)25(12-11-24-10-2-9-22-24)19-23-17-15(21)3-1-4-16(17)27-19/h1-10H,11-12H2. The number of carbonyl (C=O) groups is 1. The maximum Gasteiger partial charge on any atom is 0.260 e. The van der Waals surface area contributed by atoms with Gasteiger partial charge < -0.3 is 0 Å². The molecule has 2 aromatic carbocycles. The van der Waals surface area contributed by atoms with Crippen molar-refractivity contribution >= 4 is 48.5 Å². The number of fused-ring (bicyclic) bond motifs is 1. The third-order valence-corrected chi connectivity index (χ3v) is 5.61. The van der Waals surface area contributed by atoms with Gasteiger partial charge in [0.1, 0.15) is 11.3 Å². The molecule has 27 heavy (non-hydrogen) atoms. The van der Waals surface area contributed by atoms with Crippen LogP contribution in [0.2, 0.25) is 0 Å². The first-order valence-corrected chi connectivity index (χ1v) is 9.83. The highest BCUT2D eigenvalue weighted by molar-refractivity contribution is 9.10. The Balaban J connectivity index is 1.70. The molecule has 0 saturated carbocycles. The van der Waals surface area contributed by atoms with Gasteiger partial charge in [-0.15, -0.1) is 0 Å². The largest absolute Gasteiger partial charge is 0.282 e. The summed E-state index contributed by atoms with van der Waals surface area (Å²) in [5.74, 6) is -0.577. The number of benzene rings is 2. The second-order valence-electron chi connectivity index (χ2n) is 5.82. The van der Waals surface area contributed by atoms with Gasteiger partial charge in [-0.3, -0.25) is 14.4 Å². The molecular formula is C19H14BrFN4OS. The van der Waals surface area contributed by atoms with Gasteiger partial charge in [0.15, 0.2) is 5.13 Å². The van der Waals surface area contributed by atoms with Crippen molar-refractivity contribution in [2.75, 3.05) is 11.4 Å². The van der Waals surface area contributed by atoms with E-state index in [0.717, 1.165) is 4.47 Å². The van der Waals surface area contributed by atoms with Crippen molar-refractivity contribution in [2.45, 2.75) is 6.54 Å². The number of carbonyl (C=O) groups excluding carboxylic acids is 1. The van der Waals surface area contributed by atoms with Crippen LogP contribution in [-0.4, -0.2) is 27.2 Å². The second-order valence-corrected chi connectivity index (χ2v) is 7.74. The predicted octanol–water partition coefficient (Wildman–Crippen LogP) is 4.74. The summed E-state index contributed by atoms with van der Waals surface area (Å²) in [6, 6.07) is 13.8. The SMILES string of the molecule is O=C(c1ccc(Br)cc1)N(CCn1cccn1)c1nc2c(F)cccc2s1. The molecule has 0 aliphatic heterocycles. The normalized spacial score (nSPS) is 11.0. The zero-order valence-corrected chi connectivity index (χ0v) is 16.5. The Bertz CT molecular complexity index is 1080. The molecule has 4 rings (SSSR count). The Morgan fingerprint density at radius 3 is 2.70 bits per heavy atom. The van der Waals surface area contributed by atoms with Crippen molar-refractivity contribution < 1.29 is 9.18 Å². The van der Waals surface area contributed by atoms with E-state index in [4.69, 9.17) is 0 Å². The molecule has 0 radical (unpaired) electrons. The van der Waals surface area contributed by atoms with Gasteiger partial charge in [0, 0.05) is 29.0 Å². The molecule has 4 aromatic rings. The Labute approximate surface area is 167 Å². The van der Waals surface area contributed by atoms with Gasteiger partial charge in [-0.1, -0.05) is 33.3 Å². The molecule has 0 atom stereocenters. The Morgan fingerprint density at radius 2 is 2.00 bits per heavy atom. The first-order valence-electron chi connectivity index (χ1n) is 8.22. The quantitative estimate of drug-likeness (QED) is 0.446.